The number of rotatable bonds is 4. The third kappa shape index (κ3) is 2.77. The second kappa shape index (κ2) is 4.66. The zero-order valence-electron chi connectivity index (χ0n) is 8.08. The molecule has 4 nitrogen and oxygen atoms in total. The van der Waals surface area contributed by atoms with Gasteiger partial charge in [0.25, 0.3) is 0 Å². The van der Waals surface area contributed by atoms with Gasteiger partial charge in [-0.15, -0.1) is 12.3 Å². The minimum absolute atomic E-state index is 0.0694. The van der Waals surface area contributed by atoms with E-state index < -0.39 is 12.0 Å². The van der Waals surface area contributed by atoms with E-state index >= 15 is 0 Å². The Bertz CT molecular complexity index is 276. The van der Waals surface area contributed by atoms with Crippen LogP contribution in [-0.2, 0) is 14.3 Å². The molecule has 0 saturated heterocycles. The van der Waals surface area contributed by atoms with Crippen molar-refractivity contribution >= 4 is 11.9 Å². The number of esters is 1. The van der Waals surface area contributed by atoms with Crippen LogP contribution in [0.25, 0.3) is 0 Å². The summed E-state index contributed by atoms with van der Waals surface area (Å²) in [6.07, 6.45) is 7.05. The van der Waals surface area contributed by atoms with E-state index in [0.717, 1.165) is 12.8 Å². The average Bonchev–Trinajstić information content (AvgIpc) is 2.99. The number of carbonyl (C=O) groups is 2. The summed E-state index contributed by atoms with van der Waals surface area (Å²) in [7, 11) is 1.27. The Morgan fingerprint density at radius 3 is 2.71 bits per heavy atom. The van der Waals surface area contributed by atoms with E-state index in [0.29, 0.717) is 0 Å². The molecule has 0 aromatic heterocycles. The van der Waals surface area contributed by atoms with Crippen LogP contribution < -0.4 is 5.32 Å². The molecular weight excluding hydrogens is 182 g/mol. The molecule has 0 radical (unpaired) electrons. The zero-order chi connectivity index (χ0) is 10.6. The number of nitrogens with one attached hydrogen (secondary N) is 1. The van der Waals surface area contributed by atoms with Crippen LogP contribution in [-0.4, -0.2) is 25.0 Å². The standard InChI is InChI=1S/C10H13NO3/c1-3-4-8(10(13)14-2)11-9(12)7-5-6-7/h1,7-8H,4-6H2,2H3,(H,11,12)/t8-/m1/s1. The highest BCUT2D eigenvalue weighted by Crippen LogP contribution is 2.28. The minimum Gasteiger partial charge on any atom is -0.467 e. The summed E-state index contributed by atoms with van der Waals surface area (Å²) in [5, 5.41) is 2.57. The SMILES string of the molecule is C#CC[C@@H](NC(=O)C1CC1)C(=O)OC. The molecule has 0 spiro atoms. The van der Waals surface area contributed by atoms with Gasteiger partial charge in [-0.25, -0.2) is 4.79 Å². The van der Waals surface area contributed by atoms with E-state index in [1.165, 1.54) is 7.11 Å². The molecule has 0 aromatic rings. The van der Waals surface area contributed by atoms with E-state index in [4.69, 9.17) is 6.42 Å². The summed E-state index contributed by atoms with van der Waals surface area (Å²) in [5.41, 5.74) is 0. The Morgan fingerprint density at radius 1 is 1.64 bits per heavy atom. The smallest absolute Gasteiger partial charge is 0.329 e. The molecule has 76 valence electrons. The molecule has 1 saturated carbocycles. The number of carbonyl (C=O) groups excluding carboxylic acids is 2. The lowest BCUT2D eigenvalue weighted by Gasteiger charge is -2.13. The number of hydrogen-bond donors (Lipinski definition) is 1. The molecule has 1 amide bonds. The maximum atomic E-state index is 11.3. The predicted molar refractivity (Wildman–Crippen MR) is 50.1 cm³/mol. The molecule has 0 aromatic carbocycles. The van der Waals surface area contributed by atoms with Crippen molar-refractivity contribution in [3.63, 3.8) is 0 Å². The van der Waals surface area contributed by atoms with Crippen LogP contribution in [0.1, 0.15) is 19.3 Å². The third-order valence-corrected chi connectivity index (χ3v) is 2.07. The van der Waals surface area contributed by atoms with Gasteiger partial charge < -0.3 is 10.1 Å². The molecule has 0 unspecified atom stereocenters. The van der Waals surface area contributed by atoms with Gasteiger partial charge in [0.1, 0.15) is 6.04 Å². The fraction of sp³-hybridized carbons (Fsp3) is 0.600. The molecule has 0 aliphatic heterocycles. The Labute approximate surface area is 83.0 Å². The number of terminal acetylenes is 1. The number of hydrogen-bond acceptors (Lipinski definition) is 3. The van der Waals surface area contributed by atoms with E-state index in [2.05, 4.69) is 16.0 Å². The quantitative estimate of drug-likeness (QED) is 0.510. The van der Waals surface area contributed by atoms with Crippen molar-refractivity contribution in [1.29, 1.82) is 0 Å². The fourth-order valence-electron chi connectivity index (χ4n) is 1.09. The van der Waals surface area contributed by atoms with Crippen LogP contribution in [0.15, 0.2) is 0 Å². The maximum Gasteiger partial charge on any atom is 0.329 e. The van der Waals surface area contributed by atoms with E-state index in [1.54, 1.807) is 0 Å². The Hall–Kier alpha value is -1.50. The van der Waals surface area contributed by atoms with Crippen LogP contribution in [0.3, 0.4) is 0 Å². The molecule has 1 rings (SSSR count). The van der Waals surface area contributed by atoms with Gasteiger partial charge in [-0.2, -0.15) is 0 Å². The number of ether oxygens (including phenoxy) is 1. The van der Waals surface area contributed by atoms with E-state index in [-0.39, 0.29) is 18.2 Å². The molecule has 1 aliphatic carbocycles. The van der Waals surface area contributed by atoms with Crippen LogP contribution >= 0.6 is 0 Å². The van der Waals surface area contributed by atoms with Crippen molar-refractivity contribution in [3.8, 4) is 12.3 Å². The maximum absolute atomic E-state index is 11.3. The molecule has 0 bridgehead atoms. The van der Waals surface area contributed by atoms with Crippen molar-refractivity contribution < 1.29 is 14.3 Å². The first-order valence-corrected chi connectivity index (χ1v) is 4.50. The lowest BCUT2D eigenvalue weighted by molar-refractivity contribution is -0.145. The minimum atomic E-state index is -0.696. The van der Waals surface area contributed by atoms with Crippen LogP contribution in [0.5, 0.6) is 0 Å². The first-order valence-electron chi connectivity index (χ1n) is 4.50. The third-order valence-electron chi connectivity index (χ3n) is 2.07. The predicted octanol–water partition coefficient (Wildman–Crippen LogP) is 0.0775. The first-order chi connectivity index (χ1) is 6.69. The summed E-state index contributed by atoms with van der Waals surface area (Å²) in [5.74, 6) is 1.81. The number of methoxy groups -OCH3 is 1. The van der Waals surface area contributed by atoms with Crippen LogP contribution in [0, 0.1) is 18.3 Å². The molecule has 1 aliphatic rings. The van der Waals surface area contributed by atoms with Crippen molar-refractivity contribution in [2.24, 2.45) is 5.92 Å². The zero-order valence-corrected chi connectivity index (χ0v) is 8.08. The molecular formula is C10H13NO3. The van der Waals surface area contributed by atoms with Gasteiger partial charge in [-0.3, -0.25) is 4.79 Å². The van der Waals surface area contributed by atoms with E-state index in [9.17, 15) is 9.59 Å². The second-order valence-corrected chi connectivity index (χ2v) is 3.27. The average molecular weight is 195 g/mol. The van der Waals surface area contributed by atoms with Gasteiger partial charge in [0.05, 0.1) is 7.11 Å². The second-order valence-electron chi connectivity index (χ2n) is 3.27. The lowest BCUT2D eigenvalue weighted by atomic mass is 10.2. The van der Waals surface area contributed by atoms with Gasteiger partial charge >= 0.3 is 5.97 Å². The summed E-state index contributed by atoms with van der Waals surface area (Å²) < 4.78 is 4.52. The highest BCUT2D eigenvalue weighted by atomic mass is 16.5. The Morgan fingerprint density at radius 2 is 2.29 bits per heavy atom. The molecule has 14 heavy (non-hydrogen) atoms. The summed E-state index contributed by atoms with van der Waals surface area (Å²) >= 11 is 0. The van der Waals surface area contributed by atoms with Gasteiger partial charge in [-0.05, 0) is 12.8 Å². The fourth-order valence-corrected chi connectivity index (χ4v) is 1.09. The van der Waals surface area contributed by atoms with Crippen LogP contribution in [0.2, 0.25) is 0 Å². The molecule has 4 heteroatoms. The highest BCUT2D eigenvalue weighted by molar-refractivity contribution is 5.87. The van der Waals surface area contributed by atoms with E-state index in [1.807, 2.05) is 0 Å². The summed E-state index contributed by atoms with van der Waals surface area (Å²) in [4.78, 5) is 22.5. The van der Waals surface area contributed by atoms with Crippen molar-refractivity contribution in [2.75, 3.05) is 7.11 Å². The monoisotopic (exact) mass is 195 g/mol. The Kier molecular flexibility index (Phi) is 3.52. The summed E-state index contributed by atoms with van der Waals surface area (Å²) in [6.45, 7) is 0. The van der Waals surface area contributed by atoms with Gasteiger partial charge in [0.2, 0.25) is 5.91 Å². The van der Waals surface area contributed by atoms with Gasteiger partial charge in [0.15, 0.2) is 0 Å². The molecule has 0 heterocycles. The van der Waals surface area contributed by atoms with Crippen molar-refractivity contribution in [2.45, 2.75) is 25.3 Å². The van der Waals surface area contributed by atoms with Crippen molar-refractivity contribution in [1.82, 2.24) is 5.32 Å². The topological polar surface area (TPSA) is 55.4 Å². The van der Waals surface area contributed by atoms with Crippen molar-refractivity contribution in [3.05, 3.63) is 0 Å². The highest BCUT2D eigenvalue weighted by Gasteiger charge is 2.32. The molecule has 1 atom stereocenters. The van der Waals surface area contributed by atoms with Crippen LogP contribution in [0.4, 0.5) is 0 Å². The normalized spacial score (nSPS) is 16.6. The summed E-state index contributed by atoms with van der Waals surface area (Å²) in [6, 6.07) is -0.696. The molecule has 1 N–H and O–H groups in total. The largest absolute Gasteiger partial charge is 0.467 e. The Balaban J connectivity index is 2.45. The van der Waals surface area contributed by atoms with Gasteiger partial charge in [-0.1, -0.05) is 0 Å². The molecule has 1 fully saturated rings. The number of amides is 1. The van der Waals surface area contributed by atoms with Gasteiger partial charge in [0, 0.05) is 12.3 Å². The lowest BCUT2D eigenvalue weighted by Crippen LogP contribution is -2.41. The first kappa shape index (κ1) is 10.6.